The lowest BCUT2D eigenvalue weighted by atomic mass is 9.74. The highest BCUT2D eigenvalue weighted by Crippen LogP contribution is 2.37. The summed E-state index contributed by atoms with van der Waals surface area (Å²) in [6, 6.07) is 3.38. The molecule has 0 radical (unpaired) electrons. The number of carbonyl (C=O) groups is 2. The first-order valence-electron chi connectivity index (χ1n) is 6.08. The molecule has 0 bridgehead atoms. The van der Waals surface area contributed by atoms with Gasteiger partial charge in [0.25, 0.3) is 0 Å². The van der Waals surface area contributed by atoms with Gasteiger partial charge in [-0.1, -0.05) is 26.0 Å². The SMILES string of the molecule is C[C@@H]1C=C[C@@H](C)C2=C1C(=O)c1cccnc1C2=O. The number of Topliss-reactive ketones (excluding diaryl/α,β-unsaturated/α-hetero) is 2. The van der Waals surface area contributed by atoms with Gasteiger partial charge >= 0.3 is 0 Å². The minimum absolute atomic E-state index is 0.000932. The van der Waals surface area contributed by atoms with Crippen molar-refractivity contribution in [1.29, 1.82) is 0 Å². The van der Waals surface area contributed by atoms with Crippen LogP contribution < -0.4 is 0 Å². The molecule has 0 unspecified atom stereocenters. The van der Waals surface area contributed by atoms with Crippen LogP contribution in [0.2, 0.25) is 0 Å². The zero-order chi connectivity index (χ0) is 12.9. The molecule has 2 aliphatic carbocycles. The zero-order valence-corrected chi connectivity index (χ0v) is 10.3. The van der Waals surface area contributed by atoms with E-state index < -0.39 is 0 Å². The first kappa shape index (κ1) is 11.1. The standard InChI is InChI=1S/C15H13NO2/c1-8-5-6-9(2)12-11(8)14(17)10-4-3-7-16-13(10)15(12)18/h3-9H,1-2H3/t8-,9-/m1/s1. The monoisotopic (exact) mass is 239 g/mol. The first-order chi connectivity index (χ1) is 8.61. The third-order valence-corrected chi connectivity index (χ3v) is 3.65. The summed E-state index contributed by atoms with van der Waals surface area (Å²) >= 11 is 0. The Morgan fingerprint density at radius 3 is 2.28 bits per heavy atom. The number of pyridine rings is 1. The number of hydrogen-bond acceptors (Lipinski definition) is 3. The van der Waals surface area contributed by atoms with Gasteiger partial charge in [0, 0.05) is 29.2 Å². The van der Waals surface area contributed by atoms with Crippen LogP contribution >= 0.6 is 0 Å². The fraction of sp³-hybridized carbons (Fsp3) is 0.267. The molecular weight excluding hydrogens is 226 g/mol. The van der Waals surface area contributed by atoms with Crippen LogP contribution in [0.15, 0.2) is 41.6 Å². The van der Waals surface area contributed by atoms with Gasteiger partial charge in [0.2, 0.25) is 5.78 Å². The number of aromatic nitrogens is 1. The summed E-state index contributed by atoms with van der Waals surface area (Å²) < 4.78 is 0. The number of allylic oxidation sites excluding steroid dienone is 4. The van der Waals surface area contributed by atoms with E-state index in [1.807, 2.05) is 26.0 Å². The Morgan fingerprint density at radius 1 is 1.00 bits per heavy atom. The minimum Gasteiger partial charge on any atom is -0.289 e. The summed E-state index contributed by atoms with van der Waals surface area (Å²) in [5.74, 6) is -0.149. The van der Waals surface area contributed by atoms with E-state index in [1.165, 1.54) is 0 Å². The Hall–Kier alpha value is -2.03. The van der Waals surface area contributed by atoms with E-state index in [2.05, 4.69) is 4.98 Å². The van der Waals surface area contributed by atoms with Crippen LogP contribution in [-0.4, -0.2) is 16.6 Å². The fourth-order valence-electron chi connectivity index (χ4n) is 2.72. The highest BCUT2D eigenvalue weighted by molar-refractivity contribution is 6.26. The average Bonchev–Trinajstić information content (AvgIpc) is 2.38. The van der Waals surface area contributed by atoms with E-state index in [1.54, 1.807) is 18.3 Å². The van der Waals surface area contributed by atoms with Crippen LogP contribution in [0.4, 0.5) is 0 Å². The van der Waals surface area contributed by atoms with E-state index in [0.29, 0.717) is 22.4 Å². The van der Waals surface area contributed by atoms with E-state index in [4.69, 9.17) is 0 Å². The molecule has 3 heteroatoms. The summed E-state index contributed by atoms with van der Waals surface area (Å²) in [5, 5.41) is 0. The van der Waals surface area contributed by atoms with Gasteiger partial charge in [-0.05, 0) is 12.1 Å². The molecule has 1 heterocycles. The quantitative estimate of drug-likeness (QED) is 0.654. The Balaban J connectivity index is 2.27. The van der Waals surface area contributed by atoms with Crippen molar-refractivity contribution in [1.82, 2.24) is 4.98 Å². The van der Waals surface area contributed by atoms with Crippen LogP contribution in [0.1, 0.15) is 34.7 Å². The molecule has 1 aromatic heterocycles. The van der Waals surface area contributed by atoms with Gasteiger partial charge in [0.05, 0.1) is 5.56 Å². The van der Waals surface area contributed by atoms with Crippen molar-refractivity contribution in [3.63, 3.8) is 0 Å². The maximum absolute atomic E-state index is 12.5. The third kappa shape index (κ3) is 1.33. The van der Waals surface area contributed by atoms with Gasteiger partial charge in [-0.2, -0.15) is 0 Å². The van der Waals surface area contributed by atoms with Gasteiger partial charge in [-0.15, -0.1) is 0 Å². The molecule has 18 heavy (non-hydrogen) atoms. The second-order valence-electron chi connectivity index (χ2n) is 4.85. The molecule has 0 N–H and O–H groups in total. The van der Waals surface area contributed by atoms with Gasteiger partial charge in [-0.25, -0.2) is 0 Å². The number of rotatable bonds is 0. The second-order valence-corrected chi connectivity index (χ2v) is 4.85. The Kier molecular flexibility index (Phi) is 2.30. The number of ketones is 2. The molecule has 0 amide bonds. The smallest absolute Gasteiger partial charge is 0.209 e. The van der Waals surface area contributed by atoms with Crippen LogP contribution in [0.3, 0.4) is 0 Å². The highest BCUT2D eigenvalue weighted by atomic mass is 16.1. The number of fused-ring (bicyclic) bond motifs is 1. The van der Waals surface area contributed by atoms with Gasteiger partial charge < -0.3 is 0 Å². The first-order valence-corrected chi connectivity index (χ1v) is 6.08. The Morgan fingerprint density at radius 2 is 1.61 bits per heavy atom. The minimum atomic E-state index is -0.0936. The predicted molar refractivity (Wildman–Crippen MR) is 67.4 cm³/mol. The van der Waals surface area contributed by atoms with Crippen LogP contribution in [0.5, 0.6) is 0 Å². The molecular formula is C15H13NO2. The fourth-order valence-corrected chi connectivity index (χ4v) is 2.72. The van der Waals surface area contributed by atoms with Crippen LogP contribution in [0, 0.1) is 11.8 Å². The largest absolute Gasteiger partial charge is 0.289 e. The van der Waals surface area contributed by atoms with Crippen molar-refractivity contribution in [3.8, 4) is 0 Å². The van der Waals surface area contributed by atoms with Crippen molar-refractivity contribution < 1.29 is 9.59 Å². The predicted octanol–water partition coefficient (Wildman–Crippen LogP) is 2.60. The zero-order valence-electron chi connectivity index (χ0n) is 10.3. The summed E-state index contributed by atoms with van der Waals surface area (Å²) in [6.07, 6.45) is 5.54. The average molecular weight is 239 g/mol. The normalized spacial score (nSPS) is 26.1. The Labute approximate surface area is 105 Å². The van der Waals surface area contributed by atoms with Crippen molar-refractivity contribution in [2.75, 3.05) is 0 Å². The molecule has 0 aliphatic heterocycles. The van der Waals surface area contributed by atoms with E-state index in [9.17, 15) is 9.59 Å². The van der Waals surface area contributed by atoms with Gasteiger partial charge in [0.1, 0.15) is 5.69 Å². The lowest BCUT2D eigenvalue weighted by molar-refractivity contribution is 0.0957. The lowest BCUT2D eigenvalue weighted by Gasteiger charge is -2.28. The van der Waals surface area contributed by atoms with Crippen molar-refractivity contribution in [2.45, 2.75) is 13.8 Å². The maximum atomic E-state index is 12.5. The molecule has 1 aromatic rings. The molecule has 0 fully saturated rings. The molecule has 0 spiro atoms. The van der Waals surface area contributed by atoms with E-state index in [-0.39, 0.29) is 23.4 Å². The van der Waals surface area contributed by atoms with Gasteiger partial charge in [-0.3, -0.25) is 14.6 Å². The lowest BCUT2D eigenvalue weighted by Crippen LogP contribution is -2.30. The van der Waals surface area contributed by atoms with Gasteiger partial charge in [0.15, 0.2) is 5.78 Å². The highest BCUT2D eigenvalue weighted by Gasteiger charge is 2.37. The molecule has 0 saturated carbocycles. The van der Waals surface area contributed by atoms with Crippen molar-refractivity contribution >= 4 is 11.6 Å². The molecule has 2 aliphatic rings. The molecule has 2 atom stereocenters. The van der Waals surface area contributed by atoms with Crippen molar-refractivity contribution in [2.24, 2.45) is 11.8 Å². The topological polar surface area (TPSA) is 47.0 Å². The molecule has 3 rings (SSSR count). The molecule has 0 aromatic carbocycles. The van der Waals surface area contributed by atoms with E-state index in [0.717, 1.165) is 0 Å². The van der Waals surface area contributed by atoms with Crippen LogP contribution in [-0.2, 0) is 0 Å². The molecule has 3 nitrogen and oxygen atoms in total. The second kappa shape index (κ2) is 3.73. The summed E-state index contributed by atoms with van der Waals surface area (Å²) in [5.41, 5.74) is 2.02. The third-order valence-electron chi connectivity index (χ3n) is 3.65. The molecule has 0 saturated heterocycles. The summed E-state index contributed by atoms with van der Waals surface area (Å²) in [4.78, 5) is 29.0. The molecule has 90 valence electrons. The van der Waals surface area contributed by atoms with Crippen molar-refractivity contribution in [3.05, 3.63) is 52.9 Å². The Bertz CT molecular complexity index is 572. The number of carbonyl (C=O) groups excluding carboxylic acids is 2. The number of hydrogen-bond donors (Lipinski definition) is 0. The maximum Gasteiger partial charge on any atom is 0.209 e. The summed E-state index contributed by atoms with van der Waals surface area (Å²) in [7, 11) is 0. The van der Waals surface area contributed by atoms with Crippen LogP contribution in [0.25, 0.3) is 0 Å². The van der Waals surface area contributed by atoms with E-state index >= 15 is 0 Å². The summed E-state index contributed by atoms with van der Waals surface area (Å²) in [6.45, 7) is 3.89. The number of nitrogens with zero attached hydrogens (tertiary/aromatic N) is 1.